The smallest absolute Gasteiger partial charge is 0.226 e. The van der Waals surface area contributed by atoms with Crippen LogP contribution in [0.4, 0.5) is 0 Å². The van der Waals surface area contributed by atoms with Gasteiger partial charge in [-0.1, -0.05) is 13.8 Å². The molecule has 0 aliphatic heterocycles. The highest BCUT2D eigenvalue weighted by molar-refractivity contribution is 5.83. The lowest BCUT2D eigenvalue weighted by Crippen LogP contribution is -2.55. The number of carbonyl (C=O) groups excluding carboxylic acids is 1. The molecule has 2 heteroatoms. The molecule has 0 aromatic rings. The number of nitrogens with one attached hydrogen (secondary N) is 1. The fourth-order valence-electron chi connectivity index (χ4n) is 5.36. The van der Waals surface area contributed by atoms with E-state index in [1.54, 1.807) is 0 Å². The van der Waals surface area contributed by atoms with Gasteiger partial charge in [0.05, 0.1) is 0 Å². The molecule has 107 valence electrons. The third kappa shape index (κ3) is 2.55. The molecule has 0 spiro atoms. The van der Waals surface area contributed by atoms with Crippen LogP contribution >= 0.6 is 0 Å². The second kappa shape index (κ2) is 4.79. The summed E-state index contributed by atoms with van der Waals surface area (Å²) in [5.74, 6) is 3.44. The Labute approximate surface area is 117 Å². The summed E-state index contributed by atoms with van der Waals surface area (Å²) in [6.45, 7) is 8.49. The maximum Gasteiger partial charge on any atom is 0.226 e. The van der Waals surface area contributed by atoms with Crippen LogP contribution in [0.25, 0.3) is 0 Å². The Morgan fingerprint density at radius 1 is 1.16 bits per heavy atom. The van der Waals surface area contributed by atoms with E-state index in [0.29, 0.717) is 11.8 Å². The van der Waals surface area contributed by atoms with Crippen molar-refractivity contribution in [1.82, 2.24) is 5.32 Å². The first kappa shape index (κ1) is 13.5. The molecule has 4 rings (SSSR count). The molecule has 1 radical (unpaired) electrons. The molecule has 0 heterocycles. The maximum atomic E-state index is 12.7. The van der Waals surface area contributed by atoms with E-state index in [1.165, 1.54) is 19.3 Å². The molecule has 4 aliphatic carbocycles. The normalized spacial score (nSPS) is 41.6. The van der Waals surface area contributed by atoms with E-state index >= 15 is 0 Å². The first-order chi connectivity index (χ1) is 8.97. The maximum absolute atomic E-state index is 12.7. The molecule has 1 amide bonds. The number of hydrogen-bond acceptors (Lipinski definition) is 1. The topological polar surface area (TPSA) is 29.1 Å². The largest absolute Gasteiger partial charge is 0.353 e. The highest BCUT2D eigenvalue weighted by Crippen LogP contribution is 2.60. The Kier molecular flexibility index (Phi) is 3.39. The molecule has 4 bridgehead atoms. The van der Waals surface area contributed by atoms with Crippen molar-refractivity contribution >= 4 is 5.91 Å². The van der Waals surface area contributed by atoms with Crippen LogP contribution in [0.5, 0.6) is 0 Å². The summed E-state index contributed by atoms with van der Waals surface area (Å²) in [6, 6.07) is 0.0838. The van der Waals surface area contributed by atoms with Gasteiger partial charge in [-0.3, -0.25) is 4.79 Å². The minimum Gasteiger partial charge on any atom is -0.353 e. The first-order valence-electron chi connectivity index (χ1n) is 8.11. The van der Waals surface area contributed by atoms with Crippen LogP contribution in [0, 0.1) is 36.0 Å². The summed E-state index contributed by atoms with van der Waals surface area (Å²) < 4.78 is 0. The average Bonchev–Trinajstić information content (AvgIpc) is 2.25. The van der Waals surface area contributed by atoms with Crippen LogP contribution in [0.2, 0.25) is 0 Å². The zero-order valence-corrected chi connectivity index (χ0v) is 12.5. The Morgan fingerprint density at radius 2 is 1.63 bits per heavy atom. The van der Waals surface area contributed by atoms with Gasteiger partial charge in [-0.15, -0.1) is 0 Å². The summed E-state index contributed by atoms with van der Waals surface area (Å²) in [6.07, 6.45) is 8.63. The molecule has 4 aliphatic rings. The highest BCUT2D eigenvalue weighted by Gasteiger charge is 2.54. The molecule has 0 unspecified atom stereocenters. The highest BCUT2D eigenvalue weighted by atomic mass is 16.2. The molecule has 0 aromatic carbocycles. The van der Waals surface area contributed by atoms with Gasteiger partial charge in [-0.05, 0) is 75.5 Å². The first-order valence-corrected chi connectivity index (χ1v) is 8.11. The van der Waals surface area contributed by atoms with E-state index in [2.05, 4.69) is 26.1 Å². The van der Waals surface area contributed by atoms with Gasteiger partial charge in [0.15, 0.2) is 0 Å². The van der Waals surface area contributed by atoms with E-state index in [4.69, 9.17) is 0 Å². The van der Waals surface area contributed by atoms with Gasteiger partial charge in [0.2, 0.25) is 5.91 Å². The lowest BCUT2D eigenvalue weighted by molar-refractivity contribution is -0.146. The van der Waals surface area contributed by atoms with E-state index in [-0.39, 0.29) is 11.5 Å². The van der Waals surface area contributed by atoms with Crippen molar-refractivity contribution in [3.05, 3.63) is 6.92 Å². The summed E-state index contributed by atoms with van der Waals surface area (Å²) in [4.78, 5) is 12.7. The van der Waals surface area contributed by atoms with Crippen LogP contribution < -0.4 is 5.32 Å². The Hall–Kier alpha value is -0.530. The van der Waals surface area contributed by atoms with Crippen molar-refractivity contribution in [3.63, 3.8) is 0 Å². The molecular weight excluding hydrogens is 234 g/mol. The third-order valence-electron chi connectivity index (χ3n) is 5.61. The molecule has 1 atom stereocenters. The van der Waals surface area contributed by atoms with Crippen LogP contribution in [0.1, 0.15) is 58.8 Å². The molecule has 0 saturated heterocycles. The molecule has 0 aromatic heterocycles. The van der Waals surface area contributed by atoms with Crippen molar-refractivity contribution < 1.29 is 4.79 Å². The summed E-state index contributed by atoms with van der Waals surface area (Å²) in [5, 5.41) is 3.22. The van der Waals surface area contributed by atoms with Crippen molar-refractivity contribution in [2.45, 2.75) is 64.8 Å². The van der Waals surface area contributed by atoms with Crippen molar-refractivity contribution in [2.24, 2.45) is 29.1 Å². The predicted octanol–water partition coefficient (Wildman–Crippen LogP) is 3.57. The zero-order chi connectivity index (χ0) is 13.6. The fourth-order valence-corrected chi connectivity index (χ4v) is 5.36. The van der Waals surface area contributed by atoms with Crippen LogP contribution in [0.15, 0.2) is 0 Å². The van der Waals surface area contributed by atoms with Gasteiger partial charge >= 0.3 is 0 Å². The van der Waals surface area contributed by atoms with Crippen LogP contribution in [0.3, 0.4) is 0 Å². The molecule has 2 nitrogen and oxygen atoms in total. The number of hydrogen-bond donors (Lipinski definition) is 1. The quantitative estimate of drug-likeness (QED) is 0.824. The standard InChI is InChI=1S/C17H28NO/c1-11(2)4-12(3)18-16(19)17-8-13-5-14(9-17)7-15(6-13)10-17/h11-15H,3-10H2,1-2H3,(H,18,19)/t12-,13?,14?,15?,17?/m0/s1. The molecule has 4 fully saturated rings. The Morgan fingerprint density at radius 3 is 2.05 bits per heavy atom. The third-order valence-corrected chi connectivity index (χ3v) is 5.61. The van der Waals surface area contributed by atoms with Crippen molar-refractivity contribution in [2.75, 3.05) is 0 Å². The predicted molar refractivity (Wildman–Crippen MR) is 77.3 cm³/mol. The zero-order valence-electron chi connectivity index (χ0n) is 12.5. The van der Waals surface area contributed by atoms with Gasteiger partial charge in [0.25, 0.3) is 0 Å². The molecular formula is C17H28NO. The lowest BCUT2D eigenvalue weighted by Gasteiger charge is -2.55. The van der Waals surface area contributed by atoms with Crippen molar-refractivity contribution in [3.8, 4) is 0 Å². The number of rotatable bonds is 4. The minimum absolute atomic E-state index is 0.0122. The average molecular weight is 262 g/mol. The Bertz CT molecular complexity index is 325. The number of amides is 1. The van der Waals surface area contributed by atoms with Gasteiger partial charge < -0.3 is 5.32 Å². The molecule has 4 saturated carbocycles. The summed E-state index contributed by atoms with van der Waals surface area (Å²) in [5.41, 5.74) is -0.0122. The van der Waals surface area contributed by atoms with Gasteiger partial charge in [0, 0.05) is 11.5 Å². The monoisotopic (exact) mass is 262 g/mol. The summed E-state index contributed by atoms with van der Waals surface area (Å²) in [7, 11) is 0. The fraction of sp³-hybridized carbons (Fsp3) is 0.882. The van der Waals surface area contributed by atoms with Gasteiger partial charge in [-0.25, -0.2) is 0 Å². The molecule has 19 heavy (non-hydrogen) atoms. The minimum atomic E-state index is -0.0122. The molecule has 1 N–H and O–H groups in total. The number of carbonyl (C=O) groups is 1. The van der Waals surface area contributed by atoms with Crippen molar-refractivity contribution in [1.29, 1.82) is 0 Å². The lowest BCUT2D eigenvalue weighted by atomic mass is 9.49. The van der Waals surface area contributed by atoms with Crippen LogP contribution in [-0.2, 0) is 4.79 Å². The van der Waals surface area contributed by atoms with E-state index in [9.17, 15) is 4.79 Å². The second-order valence-electron chi connectivity index (χ2n) is 8.00. The Balaban J connectivity index is 1.66. The SMILES string of the molecule is [CH2][C@@H](CC(C)C)NC(=O)C12CC3CC(CC(C3)C1)C2. The van der Waals surface area contributed by atoms with Crippen LogP contribution in [-0.4, -0.2) is 11.9 Å². The van der Waals surface area contributed by atoms with Gasteiger partial charge in [-0.2, -0.15) is 0 Å². The van der Waals surface area contributed by atoms with E-state index in [1.807, 2.05) is 0 Å². The van der Waals surface area contributed by atoms with E-state index < -0.39 is 0 Å². The van der Waals surface area contributed by atoms with E-state index in [0.717, 1.165) is 43.4 Å². The second-order valence-corrected chi connectivity index (χ2v) is 8.00. The summed E-state index contributed by atoms with van der Waals surface area (Å²) >= 11 is 0. The van der Waals surface area contributed by atoms with Gasteiger partial charge in [0.1, 0.15) is 0 Å².